The number of nitrogens with one attached hydrogen (secondary N) is 2. The van der Waals surface area contributed by atoms with Crippen molar-refractivity contribution >= 4 is 23.5 Å². The summed E-state index contributed by atoms with van der Waals surface area (Å²) in [5, 5.41) is 6.82. The highest BCUT2D eigenvalue weighted by molar-refractivity contribution is 6.30. The summed E-state index contributed by atoms with van der Waals surface area (Å²) in [6.07, 6.45) is 3.00. The second kappa shape index (κ2) is 6.96. The van der Waals surface area contributed by atoms with Gasteiger partial charge in [0.2, 0.25) is 5.95 Å². The van der Waals surface area contributed by atoms with Crippen molar-refractivity contribution in [1.82, 2.24) is 15.3 Å². The van der Waals surface area contributed by atoms with E-state index in [9.17, 15) is 4.79 Å². The molecule has 1 saturated carbocycles. The van der Waals surface area contributed by atoms with Crippen LogP contribution in [0.15, 0.2) is 30.3 Å². The smallest absolute Gasteiger partial charge is 0.270 e. The SMILES string of the molecule is Cc1cc(C(=O)NCCc2cccc(Cl)c2)nc(NC2CC2)n1. The highest BCUT2D eigenvalue weighted by Crippen LogP contribution is 2.23. The third kappa shape index (κ3) is 4.66. The average molecular weight is 331 g/mol. The summed E-state index contributed by atoms with van der Waals surface area (Å²) in [4.78, 5) is 20.9. The van der Waals surface area contributed by atoms with Crippen molar-refractivity contribution in [2.75, 3.05) is 11.9 Å². The molecule has 1 amide bonds. The van der Waals surface area contributed by atoms with Gasteiger partial charge in [0.25, 0.3) is 5.91 Å². The summed E-state index contributed by atoms with van der Waals surface area (Å²) in [5.74, 6) is 0.351. The first-order valence-electron chi connectivity index (χ1n) is 7.75. The standard InChI is InChI=1S/C17H19ClN4O/c1-11-9-15(22-17(20-11)21-14-5-6-14)16(23)19-8-7-12-3-2-4-13(18)10-12/h2-4,9-10,14H,5-8H2,1H3,(H,19,23)(H,20,21,22). The zero-order valence-corrected chi connectivity index (χ0v) is 13.7. The number of aromatic nitrogens is 2. The van der Waals surface area contributed by atoms with Gasteiger partial charge < -0.3 is 10.6 Å². The molecule has 1 heterocycles. The lowest BCUT2D eigenvalue weighted by molar-refractivity contribution is 0.0949. The minimum absolute atomic E-state index is 0.184. The number of nitrogens with zero attached hydrogens (tertiary/aromatic N) is 2. The minimum Gasteiger partial charge on any atom is -0.351 e. The van der Waals surface area contributed by atoms with Gasteiger partial charge in [0.1, 0.15) is 5.69 Å². The number of hydrogen-bond donors (Lipinski definition) is 2. The van der Waals surface area contributed by atoms with Gasteiger partial charge in [-0.2, -0.15) is 0 Å². The largest absolute Gasteiger partial charge is 0.351 e. The fourth-order valence-corrected chi connectivity index (χ4v) is 2.48. The highest BCUT2D eigenvalue weighted by Gasteiger charge is 2.22. The molecule has 5 nitrogen and oxygen atoms in total. The Bertz CT molecular complexity index is 715. The quantitative estimate of drug-likeness (QED) is 0.854. The number of carbonyl (C=O) groups excluding carboxylic acids is 1. The monoisotopic (exact) mass is 330 g/mol. The fraction of sp³-hybridized carbons (Fsp3) is 0.353. The van der Waals surface area contributed by atoms with Gasteiger partial charge >= 0.3 is 0 Å². The number of anilines is 1. The lowest BCUT2D eigenvalue weighted by Crippen LogP contribution is -2.27. The van der Waals surface area contributed by atoms with Crippen LogP contribution in [0.2, 0.25) is 5.02 Å². The lowest BCUT2D eigenvalue weighted by Gasteiger charge is -2.08. The number of amides is 1. The van der Waals surface area contributed by atoms with Crippen molar-refractivity contribution in [3.05, 3.63) is 52.3 Å². The number of hydrogen-bond acceptors (Lipinski definition) is 4. The summed E-state index contributed by atoms with van der Waals surface area (Å²) in [5.41, 5.74) is 2.27. The molecule has 120 valence electrons. The average Bonchev–Trinajstić information content (AvgIpc) is 3.30. The van der Waals surface area contributed by atoms with Crippen LogP contribution in [-0.2, 0) is 6.42 Å². The Hall–Kier alpha value is -2.14. The molecule has 6 heteroatoms. The molecule has 0 unspecified atom stereocenters. The number of halogens is 1. The van der Waals surface area contributed by atoms with Crippen LogP contribution in [0.4, 0.5) is 5.95 Å². The van der Waals surface area contributed by atoms with Gasteiger partial charge in [0, 0.05) is 23.3 Å². The Morgan fingerprint density at radius 3 is 2.87 bits per heavy atom. The van der Waals surface area contributed by atoms with Crippen molar-refractivity contribution < 1.29 is 4.79 Å². The maximum atomic E-state index is 12.3. The highest BCUT2D eigenvalue weighted by atomic mass is 35.5. The molecule has 2 aromatic rings. The molecule has 0 aliphatic heterocycles. The molecule has 1 aliphatic rings. The maximum absolute atomic E-state index is 12.3. The molecule has 1 aromatic heterocycles. The van der Waals surface area contributed by atoms with E-state index < -0.39 is 0 Å². The maximum Gasteiger partial charge on any atom is 0.270 e. The Morgan fingerprint density at radius 1 is 1.30 bits per heavy atom. The van der Waals surface area contributed by atoms with Crippen LogP contribution in [0.5, 0.6) is 0 Å². The first-order valence-corrected chi connectivity index (χ1v) is 8.13. The summed E-state index contributed by atoms with van der Waals surface area (Å²) in [6, 6.07) is 9.79. The van der Waals surface area contributed by atoms with E-state index in [1.165, 1.54) is 0 Å². The van der Waals surface area contributed by atoms with Crippen LogP contribution >= 0.6 is 11.6 Å². The third-order valence-corrected chi connectivity index (χ3v) is 3.82. The number of benzene rings is 1. The minimum atomic E-state index is -0.184. The molecule has 0 spiro atoms. The number of aryl methyl sites for hydroxylation is 1. The van der Waals surface area contributed by atoms with Crippen molar-refractivity contribution in [3.63, 3.8) is 0 Å². The first-order chi connectivity index (χ1) is 11.1. The van der Waals surface area contributed by atoms with E-state index in [1.807, 2.05) is 31.2 Å². The van der Waals surface area contributed by atoms with Crippen molar-refractivity contribution in [3.8, 4) is 0 Å². The molecule has 0 atom stereocenters. The van der Waals surface area contributed by atoms with Gasteiger partial charge in [-0.15, -0.1) is 0 Å². The molecule has 23 heavy (non-hydrogen) atoms. The molecule has 0 bridgehead atoms. The molecule has 2 N–H and O–H groups in total. The van der Waals surface area contributed by atoms with E-state index in [0.717, 1.165) is 30.5 Å². The fourth-order valence-electron chi connectivity index (χ4n) is 2.26. The molecule has 3 rings (SSSR count). The van der Waals surface area contributed by atoms with E-state index in [0.29, 0.717) is 29.3 Å². The molecule has 1 aliphatic carbocycles. The summed E-state index contributed by atoms with van der Waals surface area (Å²) in [7, 11) is 0. The lowest BCUT2D eigenvalue weighted by atomic mass is 10.1. The molecule has 1 fully saturated rings. The Morgan fingerprint density at radius 2 is 2.13 bits per heavy atom. The molecule has 1 aromatic carbocycles. The van der Waals surface area contributed by atoms with Gasteiger partial charge in [-0.05, 0) is 49.9 Å². The van der Waals surface area contributed by atoms with Crippen LogP contribution in [0.25, 0.3) is 0 Å². The van der Waals surface area contributed by atoms with Gasteiger partial charge in [-0.1, -0.05) is 23.7 Å². The summed E-state index contributed by atoms with van der Waals surface area (Å²) >= 11 is 5.95. The topological polar surface area (TPSA) is 66.9 Å². The van der Waals surface area contributed by atoms with E-state index in [-0.39, 0.29) is 5.91 Å². The Kier molecular flexibility index (Phi) is 4.76. The Labute approximate surface area is 140 Å². The second-order valence-electron chi connectivity index (χ2n) is 5.77. The van der Waals surface area contributed by atoms with E-state index in [1.54, 1.807) is 6.07 Å². The van der Waals surface area contributed by atoms with Crippen molar-refractivity contribution in [1.29, 1.82) is 0 Å². The number of rotatable bonds is 6. The zero-order valence-electron chi connectivity index (χ0n) is 13.0. The van der Waals surface area contributed by atoms with Gasteiger partial charge in [-0.25, -0.2) is 9.97 Å². The molecule has 0 saturated heterocycles. The molecular weight excluding hydrogens is 312 g/mol. The molecular formula is C17H19ClN4O. The van der Waals surface area contributed by atoms with E-state index in [4.69, 9.17) is 11.6 Å². The van der Waals surface area contributed by atoms with Gasteiger partial charge in [0.15, 0.2) is 0 Å². The van der Waals surface area contributed by atoms with Gasteiger partial charge in [-0.3, -0.25) is 4.79 Å². The summed E-state index contributed by atoms with van der Waals surface area (Å²) in [6.45, 7) is 2.40. The third-order valence-electron chi connectivity index (χ3n) is 3.59. The summed E-state index contributed by atoms with van der Waals surface area (Å²) < 4.78 is 0. The van der Waals surface area contributed by atoms with Crippen LogP contribution < -0.4 is 10.6 Å². The van der Waals surface area contributed by atoms with E-state index >= 15 is 0 Å². The predicted molar refractivity (Wildman–Crippen MR) is 90.9 cm³/mol. The molecule has 0 radical (unpaired) electrons. The van der Waals surface area contributed by atoms with Crippen molar-refractivity contribution in [2.45, 2.75) is 32.2 Å². The Balaban J connectivity index is 1.58. The zero-order chi connectivity index (χ0) is 16.2. The van der Waals surface area contributed by atoms with Crippen molar-refractivity contribution in [2.24, 2.45) is 0 Å². The van der Waals surface area contributed by atoms with Crippen LogP contribution in [0, 0.1) is 6.92 Å². The first kappa shape index (κ1) is 15.7. The van der Waals surface area contributed by atoms with Crippen LogP contribution in [0.1, 0.15) is 34.6 Å². The van der Waals surface area contributed by atoms with Gasteiger partial charge in [0.05, 0.1) is 0 Å². The normalized spacial score (nSPS) is 13.7. The second-order valence-corrected chi connectivity index (χ2v) is 6.21. The van der Waals surface area contributed by atoms with Crippen LogP contribution in [-0.4, -0.2) is 28.5 Å². The predicted octanol–water partition coefficient (Wildman–Crippen LogP) is 2.99. The van der Waals surface area contributed by atoms with E-state index in [2.05, 4.69) is 20.6 Å². The number of carbonyl (C=O) groups is 1. The van der Waals surface area contributed by atoms with Crippen LogP contribution in [0.3, 0.4) is 0 Å².